The van der Waals surface area contributed by atoms with Gasteiger partial charge in [0.25, 0.3) is 5.56 Å². The lowest BCUT2D eigenvalue weighted by molar-refractivity contribution is -0.147. The number of aryl methyl sites for hydroxylation is 1. The summed E-state index contributed by atoms with van der Waals surface area (Å²) in [5.41, 5.74) is 2.05. The van der Waals surface area contributed by atoms with E-state index in [0.717, 1.165) is 0 Å². The van der Waals surface area contributed by atoms with E-state index in [4.69, 9.17) is 0 Å². The number of nitrogens with zero attached hydrogens (tertiary/aromatic N) is 2. The van der Waals surface area contributed by atoms with Gasteiger partial charge in [0.15, 0.2) is 0 Å². The first-order valence-electron chi connectivity index (χ1n) is 7.71. The van der Waals surface area contributed by atoms with E-state index in [1.165, 1.54) is 6.07 Å². The van der Waals surface area contributed by atoms with Crippen LogP contribution in [-0.2, 0) is 17.4 Å². The normalized spacial score (nSPS) is 11.5. The van der Waals surface area contributed by atoms with Crippen LogP contribution in [0.15, 0.2) is 53.3 Å². The number of benzene rings is 2. The number of aromatic nitrogens is 2. The first kappa shape index (κ1) is 17.7. The number of alkyl halides is 3. The van der Waals surface area contributed by atoms with E-state index in [2.05, 4.69) is 4.98 Å². The minimum absolute atomic E-state index is 0.00184. The molecule has 1 N–H and O–H groups in total. The van der Waals surface area contributed by atoms with Crippen LogP contribution in [0.4, 0.5) is 13.2 Å². The van der Waals surface area contributed by atoms with Crippen molar-refractivity contribution in [3.05, 3.63) is 75.8 Å². The van der Waals surface area contributed by atoms with Gasteiger partial charge in [0.2, 0.25) is 11.7 Å². The van der Waals surface area contributed by atoms with Crippen LogP contribution in [-0.4, -0.2) is 15.6 Å². The van der Waals surface area contributed by atoms with Crippen molar-refractivity contribution in [3.8, 4) is 0 Å². The van der Waals surface area contributed by atoms with Crippen LogP contribution in [0.1, 0.15) is 17.0 Å². The Morgan fingerprint density at radius 2 is 1.81 bits per heavy atom. The van der Waals surface area contributed by atoms with Gasteiger partial charge in [0.05, 0.1) is 17.3 Å². The number of halogens is 3. The van der Waals surface area contributed by atoms with Crippen LogP contribution in [0.25, 0.3) is 10.9 Å². The Kier molecular flexibility index (Phi) is 4.50. The molecular weight excluding hydrogens is 347 g/mol. The number of amides is 1. The minimum Gasteiger partial charge on any atom is -0.273 e. The maximum atomic E-state index is 13.4. The SMILES string of the molecule is Cc1cccc2c(=O)n(NC(=O)Cc3ccccc3)c(C(F)(F)F)nc12. The van der Waals surface area contributed by atoms with E-state index in [0.29, 0.717) is 11.1 Å². The molecule has 5 nitrogen and oxygen atoms in total. The fourth-order valence-corrected chi connectivity index (χ4v) is 2.59. The van der Waals surface area contributed by atoms with Crippen LogP contribution in [0.3, 0.4) is 0 Å². The summed E-state index contributed by atoms with van der Waals surface area (Å²) in [5, 5.41) is -0.00184. The van der Waals surface area contributed by atoms with Crippen LogP contribution in [0, 0.1) is 6.92 Å². The average molecular weight is 361 g/mol. The van der Waals surface area contributed by atoms with Gasteiger partial charge >= 0.3 is 6.18 Å². The number of fused-ring (bicyclic) bond motifs is 1. The van der Waals surface area contributed by atoms with Gasteiger partial charge in [-0.1, -0.05) is 42.5 Å². The molecule has 0 aliphatic heterocycles. The number of hydrogen-bond donors (Lipinski definition) is 1. The van der Waals surface area contributed by atoms with E-state index in [1.54, 1.807) is 49.4 Å². The number of carbonyl (C=O) groups is 1. The second-order valence-corrected chi connectivity index (χ2v) is 5.74. The summed E-state index contributed by atoms with van der Waals surface area (Å²) in [4.78, 5) is 28.3. The average Bonchev–Trinajstić information content (AvgIpc) is 2.57. The van der Waals surface area contributed by atoms with Gasteiger partial charge in [-0.25, -0.2) is 4.98 Å². The van der Waals surface area contributed by atoms with Gasteiger partial charge in [-0.15, -0.1) is 0 Å². The Morgan fingerprint density at radius 1 is 1.12 bits per heavy atom. The molecule has 134 valence electrons. The molecule has 0 spiro atoms. The van der Waals surface area contributed by atoms with Crippen molar-refractivity contribution in [2.24, 2.45) is 0 Å². The summed E-state index contributed by atoms with van der Waals surface area (Å²) in [6.45, 7) is 1.56. The lowest BCUT2D eigenvalue weighted by Crippen LogP contribution is -2.39. The third-order valence-electron chi connectivity index (χ3n) is 3.80. The number of nitrogens with one attached hydrogen (secondary N) is 1. The standard InChI is InChI=1S/C18H14F3N3O2/c1-11-6-5-9-13-15(11)22-17(18(19,20)21)24(16(13)26)23-14(25)10-12-7-3-2-4-8-12/h2-9H,10H2,1H3,(H,23,25). The van der Waals surface area contributed by atoms with E-state index >= 15 is 0 Å². The smallest absolute Gasteiger partial charge is 0.273 e. The Bertz CT molecular complexity index is 1030. The second kappa shape index (κ2) is 6.62. The Hall–Kier alpha value is -3.16. The molecule has 0 saturated carbocycles. The largest absolute Gasteiger partial charge is 0.451 e. The van der Waals surface area contributed by atoms with E-state index in [-0.39, 0.29) is 22.0 Å². The van der Waals surface area contributed by atoms with E-state index in [9.17, 15) is 22.8 Å². The van der Waals surface area contributed by atoms with Crippen molar-refractivity contribution < 1.29 is 18.0 Å². The topological polar surface area (TPSA) is 64.0 Å². The molecule has 26 heavy (non-hydrogen) atoms. The molecule has 1 aromatic heterocycles. The fourth-order valence-electron chi connectivity index (χ4n) is 2.59. The fraction of sp³-hybridized carbons (Fsp3) is 0.167. The first-order chi connectivity index (χ1) is 12.3. The Balaban J connectivity index is 2.08. The van der Waals surface area contributed by atoms with Crippen molar-refractivity contribution in [1.82, 2.24) is 9.66 Å². The molecule has 8 heteroatoms. The molecule has 3 aromatic rings. The van der Waals surface area contributed by atoms with Crippen molar-refractivity contribution in [2.45, 2.75) is 19.5 Å². The predicted octanol–water partition coefficient (Wildman–Crippen LogP) is 3.04. The Morgan fingerprint density at radius 3 is 2.46 bits per heavy atom. The summed E-state index contributed by atoms with van der Waals surface area (Å²) < 4.78 is 40.3. The van der Waals surface area contributed by atoms with Crippen LogP contribution < -0.4 is 11.0 Å². The van der Waals surface area contributed by atoms with Gasteiger partial charge in [-0.05, 0) is 24.1 Å². The van der Waals surface area contributed by atoms with Gasteiger partial charge < -0.3 is 0 Å². The van der Waals surface area contributed by atoms with Gasteiger partial charge in [0, 0.05) is 0 Å². The van der Waals surface area contributed by atoms with Crippen molar-refractivity contribution in [1.29, 1.82) is 0 Å². The van der Waals surface area contributed by atoms with Crippen molar-refractivity contribution >= 4 is 16.8 Å². The number of hydrogen-bond acceptors (Lipinski definition) is 3. The summed E-state index contributed by atoms with van der Waals surface area (Å²) in [6, 6.07) is 13.0. The van der Waals surface area contributed by atoms with Gasteiger partial charge in [-0.3, -0.25) is 15.0 Å². The zero-order valence-electron chi connectivity index (χ0n) is 13.7. The van der Waals surface area contributed by atoms with Crippen molar-refractivity contribution in [2.75, 3.05) is 5.43 Å². The highest BCUT2D eigenvalue weighted by atomic mass is 19.4. The molecule has 0 radical (unpaired) electrons. The molecule has 1 heterocycles. The monoisotopic (exact) mass is 361 g/mol. The van der Waals surface area contributed by atoms with Gasteiger partial charge in [0.1, 0.15) is 0 Å². The predicted molar refractivity (Wildman–Crippen MR) is 90.3 cm³/mol. The molecule has 0 aliphatic rings. The molecule has 3 rings (SSSR count). The second-order valence-electron chi connectivity index (χ2n) is 5.74. The molecular formula is C18H14F3N3O2. The zero-order valence-corrected chi connectivity index (χ0v) is 13.7. The highest BCUT2D eigenvalue weighted by Crippen LogP contribution is 2.28. The van der Waals surface area contributed by atoms with Gasteiger partial charge in [-0.2, -0.15) is 17.8 Å². The third-order valence-corrected chi connectivity index (χ3v) is 3.80. The maximum absolute atomic E-state index is 13.4. The molecule has 0 fully saturated rings. The number of rotatable bonds is 3. The summed E-state index contributed by atoms with van der Waals surface area (Å²) >= 11 is 0. The first-order valence-corrected chi connectivity index (χ1v) is 7.71. The summed E-state index contributed by atoms with van der Waals surface area (Å²) in [6.07, 6.45) is -5.08. The van der Waals surface area contributed by atoms with E-state index < -0.39 is 23.5 Å². The number of carbonyl (C=O) groups excluding carboxylic acids is 1. The lowest BCUT2D eigenvalue weighted by Gasteiger charge is -2.16. The highest BCUT2D eigenvalue weighted by Gasteiger charge is 2.38. The van der Waals surface area contributed by atoms with Crippen LogP contribution >= 0.6 is 0 Å². The third kappa shape index (κ3) is 3.44. The van der Waals surface area contributed by atoms with Crippen LogP contribution in [0.5, 0.6) is 0 Å². The maximum Gasteiger partial charge on any atom is 0.451 e. The zero-order chi connectivity index (χ0) is 18.9. The van der Waals surface area contributed by atoms with Crippen molar-refractivity contribution in [3.63, 3.8) is 0 Å². The number of para-hydroxylation sites is 1. The molecule has 0 bridgehead atoms. The Labute approximate surface area is 146 Å². The van der Waals surface area contributed by atoms with E-state index in [1.807, 2.05) is 5.43 Å². The quantitative estimate of drug-likeness (QED) is 0.780. The molecule has 0 atom stereocenters. The summed E-state index contributed by atoms with van der Waals surface area (Å²) in [5.74, 6) is -2.22. The molecule has 0 unspecified atom stereocenters. The molecule has 0 saturated heterocycles. The van der Waals surface area contributed by atoms with Crippen LogP contribution in [0.2, 0.25) is 0 Å². The molecule has 2 aromatic carbocycles. The highest BCUT2D eigenvalue weighted by molar-refractivity contribution is 5.87. The lowest BCUT2D eigenvalue weighted by atomic mass is 10.1. The molecule has 1 amide bonds. The minimum atomic E-state index is -4.91. The summed E-state index contributed by atoms with van der Waals surface area (Å²) in [7, 11) is 0. The molecule has 0 aliphatic carbocycles.